The van der Waals surface area contributed by atoms with Crippen LogP contribution >= 0.6 is 38.5 Å². The lowest BCUT2D eigenvalue weighted by molar-refractivity contribution is 0.0525. The molecule has 0 aliphatic rings. The third-order valence-corrected chi connectivity index (χ3v) is 2.90. The van der Waals surface area contributed by atoms with Gasteiger partial charge < -0.3 is 4.74 Å². The van der Waals surface area contributed by atoms with E-state index in [1.54, 1.807) is 19.1 Å². The lowest BCUT2D eigenvalue weighted by Crippen LogP contribution is -2.08. The van der Waals surface area contributed by atoms with Crippen LogP contribution in [0, 0.1) is 14.9 Å². The summed E-state index contributed by atoms with van der Waals surface area (Å²) in [7, 11) is 0. The lowest BCUT2D eigenvalue weighted by atomic mass is 10.1. The molecular formula is C10H7BrINO2. The number of carbonyl (C=O) groups excluding carboxylic acids is 1. The fourth-order valence-corrected chi connectivity index (χ4v) is 2.75. The Hall–Kier alpha value is -0.610. The maximum atomic E-state index is 11.6. The zero-order valence-corrected chi connectivity index (χ0v) is 11.6. The lowest BCUT2D eigenvalue weighted by Gasteiger charge is -2.06. The zero-order valence-electron chi connectivity index (χ0n) is 7.88. The number of nitriles is 1. The van der Waals surface area contributed by atoms with Gasteiger partial charge in [-0.3, -0.25) is 0 Å². The molecule has 0 amide bonds. The third kappa shape index (κ3) is 2.92. The van der Waals surface area contributed by atoms with E-state index in [0.29, 0.717) is 22.2 Å². The minimum absolute atomic E-state index is 0.291. The summed E-state index contributed by atoms with van der Waals surface area (Å²) in [6.45, 7) is 2.02. The van der Waals surface area contributed by atoms with Crippen molar-refractivity contribution in [2.75, 3.05) is 6.61 Å². The number of rotatable bonds is 2. The number of halogens is 2. The molecule has 1 rings (SSSR count). The molecular weight excluding hydrogens is 373 g/mol. The fraction of sp³-hybridized carbons (Fsp3) is 0.200. The van der Waals surface area contributed by atoms with Crippen molar-refractivity contribution in [2.45, 2.75) is 6.92 Å². The Morgan fingerprint density at radius 2 is 2.33 bits per heavy atom. The second-order valence-corrected chi connectivity index (χ2v) is 4.74. The Labute approximate surface area is 110 Å². The Kier molecular flexibility index (Phi) is 4.54. The summed E-state index contributed by atoms with van der Waals surface area (Å²) in [5, 5.41) is 8.90. The molecule has 0 saturated carbocycles. The molecule has 0 spiro atoms. The molecule has 0 aromatic heterocycles. The second-order valence-electron chi connectivity index (χ2n) is 2.64. The normalized spacial score (nSPS) is 9.47. The molecule has 0 bridgehead atoms. The molecule has 3 nitrogen and oxygen atoms in total. The van der Waals surface area contributed by atoms with Gasteiger partial charge in [0, 0.05) is 8.04 Å². The number of esters is 1. The monoisotopic (exact) mass is 379 g/mol. The van der Waals surface area contributed by atoms with Crippen LogP contribution in [0.25, 0.3) is 0 Å². The maximum absolute atomic E-state index is 11.6. The predicted octanol–water partition coefficient (Wildman–Crippen LogP) is 3.10. The molecule has 0 unspecified atom stereocenters. The van der Waals surface area contributed by atoms with Crippen molar-refractivity contribution in [1.29, 1.82) is 5.26 Å². The van der Waals surface area contributed by atoms with E-state index < -0.39 is 5.97 Å². The summed E-state index contributed by atoms with van der Waals surface area (Å²) in [6, 6.07) is 5.40. The van der Waals surface area contributed by atoms with Gasteiger partial charge in [0.05, 0.1) is 17.7 Å². The molecule has 0 atom stereocenters. The highest BCUT2D eigenvalue weighted by atomic mass is 127. The smallest absolute Gasteiger partial charge is 0.340 e. The van der Waals surface area contributed by atoms with Gasteiger partial charge >= 0.3 is 5.97 Å². The van der Waals surface area contributed by atoms with Gasteiger partial charge in [0.2, 0.25) is 0 Å². The largest absolute Gasteiger partial charge is 0.462 e. The zero-order chi connectivity index (χ0) is 11.4. The topological polar surface area (TPSA) is 50.1 Å². The van der Waals surface area contributed by atoms with Gasteiger partial charge in [-0.2, -0.15) is 5.26 Å². The van der Waals surface area contributed by atoms with E-state index in [4.69, 9.17) is 10.00 Å². The van der Waals surface area contributed by atoms with Crippen LogP contribution in [0.5, 0.6) is 0 Å². The first-order chi connectivity index (χ1) is 7.10. The van der Waals surface area contributed by atoms with Crippen molar-refractivity contribution in [3.63, 3.8) is 0 Å². The van der Waals surface area contributed by atoms with E-state index in [9.17, 15) is 4.79 Å². The molecule has 0 N–H and O–H groups in total. The molecule has 78 valence electrons. The number of hydrogen-bond acceptors (Lipinski definition) is 3. The summed E-state index contributed by atoms with van der Waals surface area (Å²) in [6.07, 6.45) is 0. The molecule has 0 heterocycles. The summed E-state index contributed by atoms with van der Waals surface area (Å²) in [5.74, 6) is -0.475. The third-order valence-electron chi connectivity index (χ3n) is 1.66. The first-order valence-electron chi connectivity index (χ1n) is 4.16. The van der Waals surface area contributed by atoms with Crippen LogP contribution in [0.1, 0.15) is 22.8 Å². The van der Waals surface area contributed by atoms with Crippen molar-refractivity contribution < 1.29 is 9.53 Å². The molecule has 0 aliphatic heterocycles. The number of carbonyl (C=O) groups is 1. The van der Waals surface area contributed by atoms with Crippen molar-refractivity contribution in [2.24, 2.45) is 0 Å². The summed E-state index contributed by atoms with van der Waals surface area (Å²) < 4.78 is 6.35. The van der Waals surface area contributed by atoms with Crippen LogP contribution in [0.2, 0.25) is 0 Å². The van der Waals surface area contributed by atoms with E-state index in [2.05, 4.69) is 38.5 Å². The Morgan fingerprint density at radius 3 is 2.87 bits per heavy atom. The van der Waals surface area contributed by atoms with Crippen molar-refractivity contribution in [3.8, 4) is 6.07 Å². The molecule has 5 heteroatoms. The van der Waals surface area contributed by atoms with Crippen molar-refractivity contribution in [1.82, 2.24) is 0 Å². The van der Waals surface area contributed by atoms with Gasteiger partial charge in [0.25, 0.3) is 0 Å². The van der Waals surface area contributed by atoms with E-state index in [1.165, 1.54) is 0 Å². The van der Waals surface area contributed by atoms with Crippen LogP contribution in [-0.2, 0) is 4.74 Å². The van der Waals surface area contributed by atoms with Gasteiger partial charge in [0.1, 0.15) is 6.07 Å². The van der Waals surface area contributed by atoms with E-state index in [-0.39, 0.29) is 0 Å². The summed E-state index contributed by atoms with van der Waals surface area (Å²) in [4.78, 5) is 11.6. The average Bonchev–Trinajstić information content (AvgIpc) is 2.16. The highest BCUT2D eigenvalue weighted by Gasteiger charge is 2.17. The van der Waals surface area contributed by atoms with Crippen LogP contribution in [0.3, 0.4) is 0 Å². The van der Waals surface area contributed by atoms with Crippen LogP contribution in [-0.4, -0.2) is 12.6 Å². The van der Waals surface area contributed by atoms with Gasteiger partial charge in [-0.25, -0.2) is 4.79 Å². The van der Waals surface area contributed by atoms with Crippen LogP contribution < -0.4 is 0 Å². The maximum Gasteiger partial charge on any atom is 0.340 e. The van der Waals surface area contributed by atoms with Gasteiger partial charge in [0.15, 0.2) is 0 Å². The van der Waals surface area contributed by atoms with E-state index in [0.717, 1.165) is 3.57 Å². The van der Waals surface area contributed by atoms with Gasteiger partial charge in [-0.15, -0.1) is 0 Å². The van der Waals surface area contributed by atoms with E-state index in [1.807, 2.05) is 6.07 Å². The molecule has 0 aliphatic carbocycles. The molecule has 1 aromatic carbocycles. The summed E-state index contributed by atoms with van der Waals surface area (Å²) >= 11 is 5.34. The van der Waals surface area contributed by atoms with Gasteiger partial charge in [-0.05, 0) is 57.6 Å². The minimum atomic E-state index is -0.475. The average molecular weight is 380 g/mol. The Balaban J connectivity index is 3.28. The SMILES string of the molecule is CCOC(=O)c1c(Br)cc(I)cc1C#N. The number of nitrogens with zero attached hydrogens (tertiary/aromatic N) is 1. The number of hydrogen-bond donors (Lipinski definition) is 0. The Bertz CT molecular complexity index is 440. The predicted molar refractivity (Wildman–Crippen MR) is 67.5 cm³/mol. The molecule has 15 heavy (non-hydrogen) atoms. The van der Waals surface area contributed by atoms with Crippen LogP contribution in [0.15, 0.2) is 16.6 Å². The highest BCUT2D eigenvalue weighted by molar-refractivity contribution is 14.1. The molecule has 0 radical (unpaired) electrons. The fourth-order valence-electron chi connectivity index (χ4n) is 1.07. The highest BCUT2D eigenvalue weighted by Crippen LogP contribution is 2.24. The Morgan fingerprint density at radius 1 is 1.67 bits per heavy atom. The first-order valence-corrected chi connectivity index (χ1v) is 6.03. The first kappa shape index (κ1) is 12.5. The second kappa shape index (κ2) is 5.47. The number of ether oxygens (including phenoxy) is 1. The quantitative estimate of drug-likeness (QED) is 0.586. The van der Waals surface area contributed by atoms with Crippen LogP contribution in [0.4, 0.5) is 0 Å². The van der Waals surface area contributed by atoms with Crippen molar-refractivity contribution >= 4 is 44.5 Å². The van der Waals surface area contributed by atoms with E-state index >= 15 is 0 Å². The molecule has 0 saturated heterocycles. The standard InChI is InChI=1S/C10H7BrINO2/c1-2-15-10(14)9-6(5-13)3-7(12)4-8(9)11/h3-4H,2H2,1H3. The molecule has 1 aromatic rings. The number of benzene rings is 1. The van der Waals surface area contributed by atoms with Crippen molar-refractivity contribution in [3.05, 3.63) is 31.3 Å². The minimum Gasteiger partial charge on any atom is -0.462 e. The van der Waals surface area contributed by atoms with Gasteiger partial charge in [-0.1, -0.05) is 0 Å². The molecule has 0 fully saturated rings. The summed E-state index contributed by atoms with van der Waals surface area (Å²) in [5.41, 5.74) is 0.618.